The molecule has 170 valence electrons. The SMILES string of the molecule is Cc1nn(C(CO)CCl)c(C)c1-c1ccnc(O[C@@H]2CCN(c3cn[nH]c(=O)c3Cl)C2)c1. The van der Waals surface area contributed by atoms with Gasteiger partial charge >= 0.3 is 0 Å². The average molecular weight is 479 g/mol. The van der Waals surface area contributed by atoms with Crippen LogP contribution in [0.5, 0.6) is 5.88 Å². The van der Waals surface area contributed by atoms with E-state index in [1.165, 1.54) is 0 Å². The van der Waals surface area contributed by atoms with Crippen LogP contribution < -0.4 is 15.2 Å². The van der Waals surface area contributed by atoms with Crippen LogP contribution in [0.15, 0.2) is 29.3 Å². The fraction of sp³-hybridized carbons (Fsp3) is 0.429. The third kappa shape index (κ3) is 4.32. The quantitative estimate of drug-likeness (QED) is 0.502. The Balaban J connectivity index is 1.53. The third-order valence-electron chi connectivity index (χ3n) is 5.63. The Morgan fingerprint density at radius 2 is 2.22 bits per heavy atom. The third-order valence-corrected chi connectivity index (χ3v) is 6.36. The lowest BCUT2D eigenvalue weighted by molar-refractivity contribution is 0.216. The monoisotopic (exact) mass is 478 g/mol. The van der Waals surface area contributed by atoms with Crippen LogP contribution in [0, 0.1) is 13.8 Å². The Hall–Kier alpha value is -2.62. The van der Waals surface area contributed by atoms with Crippen LogP contribution in [0.1, 0.15) is 23.9 Å². The standard InChI is InChI=1S/C21H24Cl2N6O3/c1-12-19(13(2)29(27-12)15(8-22)11-30)14-3-5-24-18(7-14)32-16-4-6-28(10-16)17-9-25-26-21(31)20(17)23/h3,5,7,9,15-16,30H,4,6,8,10-11H2,1-2H3,(H,26,31)/t15?,16-/m1/s1. The molecule has 0 aliphatic carbocycles. The number of halogens is 2. The molecule has 2 atom stereocenters. The molecule has 0 saturated carbocycles. The number of pyridine rings is 1. The van der Waals surface area contributed by atoms with Gasteiger partial charge in [0.15, 0.2) is 0 Å². The number of hydrogen-bond donors (Lipinski definition) is 2. The number of anilines is 1. The number of aromatic amines is 1. The number of hydrogen-bond acceptors (Lipinski definition) is 7. The van der Waals surface area contributed by atoms with Gasteiger partial charge in [-0.2, -0.15) is 10.2 Å². The summed E-state index contributed by atoms with van der Waals surface area (Å²) >= 11 is 12.1. The molecule has 0 bridgehead atoms. The Labute approximate surface area is 194 Å². The maximum atomic E-state index is 11.7. The van der Waals surface area contributed by atoms with E-state index < -0.39 is 5.56 Å². The van der Waals surface area contributed by atoms with Crippen LogP contribution in [0.4, 0.5) is 5.69 Å². The van der Waals surface area contributed by atoms with Crippen LogP contribution in [0.2, 0.25) is 5.02 Å². The minimum Gasteiger partial charge on any atom is -0.472 e. The maximum absolute atomic E-state index is 11.7. The number of nitrogens with one attached hydrogen (secondary N) is 1. The maximum Gasteiger partial charge on any atom is 0.285 e. The van der Waals surface area contributed by atoms with Gasteiger partial charge in [-0.25, -0.2) is 10.1 Å². The van der Waals surface area contributed by atoms with E-state index in [-0.39, 0.29) is 29.7 Å². The molecule has 9 nitrogen and oxygen atoms in total. The first kappa shape index (κ1) is 22.6. The van der Waals surface area contributed by atoms with Crippen molar-refractivity contribution in [1.29, 1.82) is 0 Å². The number of H-pyrrole nitrogens is 1. The van der Waals surface area contributed by atoms with Gasteiger partial charge in [0.1, 0.15) is 11.1 Å². The minimum absolute atomic E-state index is 0.0827. The van der Waals surface area contributed by atoms with E-state index in [1.54, 1.807) is 17.1 Å². The molecular weight excluding hydrogens is 455 g/mol. The molecule has 0 amide bonds. The summed E-state index contributed by atoms with van der Waals surface area (Å²) in [6.07, 6.45) is 3.91. The highest BCUT2D eigenvalue weighted by Gasteiger charge is 2.27. The van der Waals surface area contributed by atoms with Crippen molar-refractivity contribution >= 4 is 28.9 Å². The first-order valence-corrected chi connectivity index (χ1v) is 11.2. The molecule has 1 unspecified atom stereocenters. The number of aliphatic hydroxyl groups excluding tert-OH is 1. The van der Waals surface area contributed by atoms with Crippen molar-refractivity contribution in [3.63, 3.8) is 0 Å². The number of alkyl halides is 1. The van der Waals surface area contributed by atoms with Gasteiger partial charge in [-0.3, -0.25) is 9.48 Å². The molecule has 0 aromatic carbocycles. The summed E-state index contributed by atoms with van der Waals surface area (Å²) in [6.45, 7) is 5.07. The molecule has 11 heteroatoms. The largest absolute Gasteiger partial charge is 0.472 e. The number of aliphatic hydroxyl groups is 1. The summed E-state index contributed by atoms with van der Waals surface area (Å²) in [5.74, 6) is 0.778. The molecule has 1 fully saturated rings. The van der Waals surface area contributed by atoms with Crippen LogP contribution in [0.25, 0.3) is 11.1 Å². The molecule has 3 aromatic rings. The fourth-order valence-electron chi connectivity index (χ4n) is 4.07. The molecule has 0 radical (unpaired) electrons. The van der Waals surface area contributed by atoms with E-state index in [2.05, 4.69) is 20.3 Å². The van der Waals surface area contributed by atoms with Gasteiger partial charge in [0.2, 0.25) is 5.88 Å². The van der Waals surface area contributed by atoms with Crippen molar-refractivity contribution in [1.82, 2.24) is 25.0 Å². The number of rotatable bonds is 7. The number of nitrogens with zero attached hydrogens (tertiary/aromatic N) is 5. The zero-order valence-electron chi connectivity index (χ0n) is 17.8. The first-order chi connectivity index (χ1) is 15.4. The van der Waals surface area contributed by atoms with E-state index in [9.17, 15) is 9.90 Å². The molecule has 32 heavy (non-hydrogen) atoms. The number of aryl methyl sites for hydroxylation is 1. The van der Waals surface area contributed by atoms with Crippen molar-refractivity contribution in [3.05, 3.63) is 51.3 Å². The lowest BCUT2D eigenvalue weighted by Gasteiger charge is -2.19. The summed E-state index contributed by atoms with van der Waals surface area (Å²) in [5.41, 5.74) is 3.84. The van der Waals surface area contributed by atoms with Gasteiger partial charge in [0.25, 0.3) is 5.56 Å². The first-order valence-electron chi connectivity index (χ1n) is 10.3. The highest BCUT2D eigenvalue weighted by Crippen LogP contribution is 2.31. The van der Waals surface area contributed by atoms with Crippen LogP contribution in [-0.4, -0.2) is 61.7 Å². The van der Waals surface area contributed by atoms with E-state index in [1.807, 2.05) is 30.9 Å². The minimum atomic E-state index is -0.410. The molecule has 4 rings (SSSR count). The summed E-state index contributed by atoms with van der Waals surface area (Å²) in [6, 6.07) is 3.52. The van der Waals surface area contributed by atoms with Gasteiger partial charge < -0.3 is 14.7 Å². The van der Waals surface area contributed by atoms with Gasteiger partial charge in [-0.05, 0) is 25.5 Å². The molecule has 1 saturated heterocycles. The smallest absolute Gasteiger partial charge is 0.285 e. The molecule has 4 heterocycles. The second kappa shape index (κ2) is 9.48. The normalized spacial score (nSPS) is 17.0. The second-order valence-corrected chi connectivity index (χ2v) is 8.42. The Morgan fingerprint density at radius 1 is 1.41 bits per heavy atom. The highest BCUT2D eigenvalue weighted by molar-refractivity contribution is 6.33. The molecule has 1 aliphatic heterocycles. The summed E-state index contributed by atoms with van der Waals surface area (Å²) in [5, 5.41) is 20.5. The fourth-order valence-corrected chi connectivity index (χ4v) is 4.50. The zero-order valence-corrected chi connectivity index (χ0v) is 19.3. The summed E-state index contributed by atoms with van der Waals surface area (Å²) < 4.78 is 7.92. The second-order valence-electron chi connectivity index (χ2n) is 7.74. The molecule has 0 spiro atoms. The summed E-state index contributed by atoms with van der Waals surface area (Å²) in [4.78, 5) is 18.1. The number of ether oxygens (including phenoxy) is 1. The Morgan fingerprint density at radius 3 is 2.97 bits per heavy atom. The lowest BCUT2D eigenvalue weighted by atomic mass is 10.1. The van der Waals surface area contributed by atoms with Crippen LogP contribution in [0.3, 0.4) is 0 Å². The molecule has 3 aromatic heterocycles. The topological polar surface area (TPSA) is 109 Å². The van der Waals surface area contributed by atoms with E-state index in [0.29, 0.717) is 24.7 Å². The van der Waals surface area contributed by atoms with Gasteiger partial charge in [-0.1, -0.05) is 11.6 Å². The van der Waals surface area contributed by atoms with E-state index in [0.717, 1.165) is 28.9 Å². The van der Waals surface area contributed by atoms with E-state index in [4.69, 9.17) is 27.9 Å². The molecule has 2 N–H and O–H groups in total. The molecular formula is C21H24Cl2N6O3. The predicted molar refractivity (Wildman–Crippen MR) is 123 cm³/mol. The van der Waals surface area contributed by atoms with Crippen molar-refractivity contribution < 1.29 is 9.84 Å². The highest BCUT2D eigenvalue weighted by atomic mass is 35.5. The van der Waals surface area contributed by atoms with E-state index >= 15 is 0 Å². The van der Waals surface area contributed by atoms with Crippen LogP contribution in [-0.2, 0) is 0 Å². The van der Waals surface area contributed by atoms with Crippen LogP contribution >= 0.6 is 23.2 Å². The average Bonchev–Trinajstić information content (AvgIpc) is 3.35. The van der Waals surface area contributed by atoms with Crippen molar-refractivity contribution in [2.24, 2.45) is 0 Å². The number of aromatic nitrogens is 5. The zero-order chi connectivity index (χ0) is 22.8. The van der Waals surface area contributed by atoms with Crippen molar-refractivity contribution in [2.75, 3.05) is 30.5 Å². The van der Waals surface area contributed by atoms with Crippen molar-refractivity contribution in [2.45, 2.75) is 32.4 Å². The molecule has 1 aliphatic rings. The van der Waals surface area contributed by atoms with Gasteiger partial charge in [0, 0.05) is 42.4 Å². The van der Waals surface area contributed by atoms with Gasteiger partial charge in [0.05, 0.1) is 36.8 Å². The predicted octanol–water partition coefficient (Wildman–Crippen LogP) is 2.73. The Bertz CT molecular complexity index is 1160. The van der Waals surface area contributed by atoms with Crippen molar-refractivity contribution in [3.8, 4) is 17.0 Å². The Kier molecular flexibility index (Phi) is 6.68. The lowest BCUT2D eigenvalue weighted by Crippen LogP contribution is -2.26. The summed E-state index contributed by atoms with van der Waals surface area (Å²) in [7, 11) is 0. The van der Waals surface area contributed by atoms with Gasteiger partial charge in [-0.15, -0.1) is 11.6 Å².